The van der Waals surface area contributed by atoms with E-state index in [1.54, 1.807) is 0 Å². The largest absolute Gasteiger partial charge is 0.398 e. The topological polar surface area (TPSA) is 85.1 Å². The Morgan fingerprint density at radius 2 is 1.85 bits per heavy atom. The van der Waals surface area contributed by atoms with Crippen LogP contribution >= 0.6 is 31.9 Å². The number of hydrogen-bond donors (Lipinski definition) is 2. The van der Waals surface area contributed by atoms with Crippen LogP contribution in [0.4, 0.5) is 11.4 Å². The molecule has 0 aliphatic heterocycles. The minimum atomic E-state index is -3.80. The Balaban J connectivity index is 2.47. The van der Waals surface area contributed by atoms with E-state index in [9.17, 15) is 8.42 Å². The molecule has 0 atom stereocenters. The molecule has 0 saturated heterocycles. The van der Waals surface area contributed by atoms with E-state index in [0.717, 1.165) is 5.56 Å². The van der Waals surface area contributed by atoms with Gasteiger partial charge in [-0.05, 0) is 62.5 Å². The molecule has 0 radical (unpaired) electrons. The van der Waals surface area contributed by atoms with Crippen LogP contribution in [0.2, 0.25) is 0 Å². The zero-order chi connectivity index (χ0) is 14.9. The molecule has 0 aliphatic rings. The van der Waals surface area contributed by atoms with Crippen molar-refractivity contribution in [3.05, 3.63) is 45.1 Å². The highest BCUT2D eigenvalue weighted by atomic mass is 79.9. The van der Waals surface area contributed by atoms with Crippen LogP contribution in [0.5, 0.6) is 0 Å². The number of nitrogens with one attached hydrogen (secondary N) is 1. The quantitative estimate of drug-likeness (QED) is 0.797. The van der Waals surface area contributed by atoms with Crippen LogP contribution < -0.4 is 10.5 Å². The van der Waals surface area contributed by atoms with Crippen LogP contribution in [0, 0.1) is 6.92 Å². The van der Waals surface area contributed by atoms with Gasteiger partial charge in [0.2, 0.25) is 0 Å². The van der Waals surface area contributed by atoms with Gasteiger partial charge in [-0.3, -0.25) is 9.71 Å². The Labute approximate surface area is 133 Å². The summed E-state index contributed by atoms with van der Waals surface area (Å²) < 4.78 is 28.4. The highest BCUT2D eigenvalue weighted by molar-refractivity contribution is 9.11. The van der Waals surface area contributed by atoms with Crippen molar-refractivity contribution in [2.75, 3.05) is 10.5 Å². The molecular weight excluding hydrogens is 410 g/mol. The van der Waals surface area contributed by atoms with Crippen molar-refractivity contribution in [1.82, 2.24) is 4.98 Å². The number of aromatic nitrogens is 1. The monoisotopic (exact) mass is 419 g/mol. The second-order valence-corrected chi connectivity index (χ2v) is 7.48. The Hall–Kier alpha value is -1.12. The Morgan fingerprint density at radius 1 is 1.25 bits per heavy atom. The molecule has 2 aromatic rings. The first-order valence-electron chi connectivity index (χ1n) is 5.49. The van der Waals surface area contributed by atoms with Crippen LogP contribution in [0.1, 0.15) is 5.56 Å². The number of aryl methyl sites for hydroxylation is 1. The molecule has 106 valence electrons. The Bertz CT molecular complexity index is 740. The van der Waals surface area contributed by atoms with Gasteiger partial charge in [-0.15, -0.1) is 0 Å². The van der Waals surface area contributed by atoms with Crippen LogP contribution in [0.3, 0.4) is 0 Å². The summed E-state index contributed by atoms with van der Waals surface area (Å²) in [6, 6.07) is 5.07. The van der Waals surface area contributed by atoms with Crippen molar-refractivity contribution in [2.24, 2.45) is 0 Å². The van der Waals surface area contributed by atoms with Gasteiger partial charge in [0, 0.05) is 21.3 Å². The first-order chi connectivity index (χ1) is 9.31. The molecule has 0 bridgehead atoms. The molecule has 3 N–H and O–H groups in total. The van der Waals surface area contributed by atoms with Gasteiger partial charge in [0.15, 0.2) is 0 Å². The molecule has 2 rings (SSSR count). The van der Waals surface area contributed by atoms with Crippen molar-refractivity contribution in [3.63, 3.8) is 0 Å². The minimum Gasteiger partial charge on any atom is -0.398 e. The standard InChI is InChI=1S/C12H11Br2N3O2S/c1-7-4-8(13)12(9(14)5-7)17-20(18,19)11-6-16-3-2-10(11)15/h2-6,17H,1H3,(H2,15,16). The van der Waals surface area contributed by atoms with Gasteiger partial charge in [0.1, 0.15) is 4.90 Å². The predicted molar refractivity (Wildman–Crippen MR) is 86.0 cm³/mol. The molecule has 8 heteroatoms. The lowest BCUT2D eigenvalue weighted by atomic mass is 10.2. The van der Waals surface area contributed by atoms with E-state index in [0.29, 0.717) is 14.6 Å². The number of hydrogen-bond acceptors (Lipinski definition) is 4. The lowest BCUT2D eigenvalue weighted by Gasteiger charge is -2.13. The normalized spacial score (nSPS) is 11.3. The third-order valence-corrected chi connectivity index (χ3v) is 5.17. The third kappa shape index (κ3) is 3.13. The molecule has 0 aliphatic carbocycles. The van der Waals surface area contributed by atoms with Crippen LogP contribution in [-0.2, 0) is 10.0 Å². The maximum atomic E-state index is 12.3. The van der Waals surface area contributed by atoms with Crippen molar-refractivity contribution < 1.29 is 8.42 Å². The highest BCUT2D eigenvalue weighted by Crippen LogP contribution is 2.34. The number of pyridine rings is 1. The fourth-order valence-electron chi connectivity index (χ4n) is 1.60. The number of benzene rings is 1. The molecule has 0 fully saturated rings. The number of nitrogens with zero attached hydrogens (tertiary/aromatic N) is 1. The van der Waals surface area contributed by atoms with Gasteiger partial charge in [0.05, 0.1) is 11.4 Å². The maximum absolute atomic E-state index is 12.3. The second-order valence-electron chi connectivity index (χ2n) is 4.12. The number of nitrogens with two attached hydrogens (primary N) is 1. The van der Waals surface area contributed by atoms with Crippen molar-refractivity contribution in [1.29, 1.82) is 0 Å². The highest BCUT2D eigenvalue weighted by Gasteiger charge is 2.20. The summed E-state index contributed by atoms with van der Waals surface area (Å²) in [4.78, 5) is 3.73. The van der Waals surface area contributed by atoms with E-state index in [1.807, 2.05) is 19.1 Å². The van der Waals surface area contributed by atoms with Crippen LogP contribution in [0.15, 0.2) is 44.4 Å². The van der Waals surface area contributed by atoms with Crippen LogP contribution in [-0.4, -0.2) is 13.4 Å². The van der Waals surface area contributed by atoms with Crippen LogP contribution in [0.25, 0.3) is 0 Å². The first-order valence-corrected chi connectivity index (χ1v) is 8.56. The molecule has 0 saturated carbocycles. The fraction of sp³-hybridized carbons (Fsp3) is 0.0833. The molecule has 20 heavy (non-hydrogen) atoms. The van der Waals surface area contributed by atoms with Crippen molar-refractivity contribution >= 4 is 53.3 Å². The molecule has 1 aromatic carbocycles. The van der Waals surface area contributed by atoms with E-state index in [1.165, 1.54) is 18.5 Å². The average molecular weight is 421 g/mol. The van der Waals surface area contributed by atoms with Gasteiger partial charge >= 0.3 is 0 Å². The molecule has 1 aromatic heterocycles. The minimum absolute atomic E-state index is 0.0561. The van der Waals surface area contributed by atoms with Gasteiger partial charge in [-0.2, -0.15) is 0 Å². The molecule has 1 heterocycles. The van der Waals surface area contributed by atoms with Gasteiger partial charge in [0.25, 0.3) is 10.0 Å². The Morgan fingerprint density at radius 3 is 2.40 bits per heavy atom. The SMILES string of the molecule is Cc1cc(Br)c(NS(=O)(=O)c2cnccc2N)c(Br)c1. The zero-order valence-corrected chi connectivity index (χ0v) is 14.4. The summed E-state index contributed by atoms with van der Waals surface area (Å²) in [5, 5.41) is 0. The van der Waals surface area contributed by atoms with E-state index in [4.69, 9.17) is 5.73 Å². The van der Waals surface area contributed by atoms with Gasteiger partial charge in [-0.25, -0.2) is 8.42 Å². The summed E-state index contributed by atoms with van der Waals surface area (Å²) >= 11 is 6.68. The van der Waals surface area contributed by atoms with E-state index < -0.39 is 10.0 Å². The number of anilines is 2. The number of rotatable bonds is 3. The fourth-order valence-corrected chi connectivity index (χ4v) is 4.65. The van der Waals surface area contributed by atoms with E-state index in [-0.39, 0.29) is 10.6 Å². The summed E-state index contributed by atoms with van der Waals surface area (Å²) in [6.07, 6.45) is 2.65. The molecule has 5 nitrogen and oxygen atoms in total. The maximum Gasteiger partial charge on any atom is 0.265 e. The van der Waals surface area contributed by atoms with E-state index >= 15 is 0 Å². The van der Waals surface area contributed by atoms with Gasteiger partial charge < -0.3 is 5.73 Å². The zero-order valence-electron chi connectivity index (χ0n) is 10.4. The molecule has 0 unspecified atom stereocenters. The van der Waals surface area contributed by atoms with Crippen molar-refractivity contribution in [2.45, 2.75) is 11.8 Å². The lowest BCUT2D eigenvalue weighted by Crippen LogP contribution is -2.15. The summed E-state index contributed by atoms with van der Waals surface area (Å²) in [7, 11) is -3.80. The average Bonchev–Trinajstić information content (AvgIpc) is 2.34. The summed E-state index contributed by atoms with van der Waals surface area (Å²) in [5.41, 5.74) is 7.23. The Kier molecular flexibility index (Phi) is 4.36. The smallest absolute Gasteiger partial charge is 0.265 e. The number of halogens is 2. The molecule has 0 amide bonds. The second kappa shape index (κ2) is 5.71. The summed E-state index contributed by atoms with van der Waals surface area (Å²) in [6.45, 7) is 1.91. The summed E-state index contributed by atoms with van der Waals surface area (Å²) in [5.74, 6) is 0. The molecular formula is C12H11Br2N3O2S. The third-order valence-electron chi connectivity index (χ3n) is 2.53. The van der Waals surface area contributed by atoms with E-state index in [2.05, 4.69) is 41.6 Å². The first kappa shape index (κ1) is 15.3. The number of sulfonamides is 1. The van der Waals surface area contributed by atoms with Gasteiger partial charge in [-0.1, -0.05) is 0 Å². The van der Waals surface area contributed by atoms with Crippen molar-refractivity contribution in [3.8, 4) is 0 Å². The molecule has 0 spiro atoms. The predicted octanol–water partition coefficient (Wildman–Crippen LogP) is 3.30. The number of nitrogen functional groups attached to an aromatic ring is 1. The lowest BCUT2D eigenvalue weighted by molar-refractivity contribution is 0.601.